The third-order valence-electron chi connectivity index (χ3n) is 3.09. The van der Waals surface area contributed by atoms with E-state index in [1.807, 2.05) is 23.9 Å². The van der Waals surface area contributed by atoms with Crippen molar-refractivity contribution < 1.29 is 5.11 Å². The van der Waals surface area contributed by atoms with Crippen molar-refractivity contribution in [2.45, 2.75) is 52.1 Å². The van der Waals surface area contributed by atoms with E-state index in [0.717, 1.165) is 38.0 Å². The summed E-state index contributed by atoms with van der Waals surface area (Å²) in [5.41, 5.74) is 0.937. The maximum atomic E-state index is 9.36. The summed E-state index contributed by atoms with van der Waals surface area (Å²) in [5, 5.41) is 17.0. The predicted octanol–water partition coefficient (Wildman–Crippen LogP) is 1.72. The van der Waals surface area contributed by atoms with Crippen molar-refractivity contribution in [3.63, 3.8) is 0 Å². The van der Waals surface area contributed by atoms with Crippen LogP contribution in [0.1, 0.15) is 38.8 Å². The van der Waals surface area contributed by atoms with Crippen LogP contribution < -0.4 is 5.32 Å². The molecule has 0 amide bonds. The van der Waals surface area contributed by atoms with Crippen LogP contribution in [0.25, 0.3) is 0 Å². The fraction of sp³-hybridized carbons (Fsp3) is 0.769. The summed E-state index contributed by atoms with van der Waals surface area (Å²) in [6.07, 6.45) is 5.22. The van der Waals surface area contributed by atoms with Crippen LogP contribution in [0, 0.1) is 6.92 Å². The normalized spacial score (nSPS) is 14.8. The Morgan fingerprint density at radius 2 is 2.24 bits per heavy atom. The minimum Gasteiger partial charge on any atom is -0.394 e. The van der Waals surface area contributed by atoms with Gasteiger partial charge in [0.25, 0.3) is 0 Å². The minimum absolute atomic E-state index is 0.130. The van der Waals surface area contributed by atoms with Gasteiger partial charge in [-0.2, -0.15) is 5.10 Å². The van der Waals surface area contributed by atoms with Crippen LogP contribution in [-0.4, -0.2) is 33.6 Å². The van der Waals surface area contributed by atoms with E-state index >= 15 is 0 Å². The fourth-order valence-electron chi connectivity index (χ4n) is 2.03. The number of hydrogen-bond donors (Lipinski definition) is 2. The van der Waals surface area contributed by atoms with Crippen molar-refractivity contribution in [2.75, 3.05) is 13.2 Å². The lowest BCUT2D eigenvalue weighted by atomic mass is 9.96. The number of aryl methyl sites for hydroxylation is 2. The summed E-state index contributed by atoms with van der Waals surface area (Å²) in [6.45, 7) is 8.21. The van der Waals surface area contributed by atoms with Crippen LogP contribution >= 0.6 is 0 Å². The first-order chi connectivity index (χ1) is 8.09. The van der Waals surface area contributed by atoms with E-state index in [0.29, 0.717) is 0 Å². The van der Waals surface area contributed by atoms with E-state index in [4.69, 9.17) is 0 Å². The molecule has 98 valence electrons. The SMILES string of the molecule is CCNC(C)(CO)CCCCn1ccc(C)n1. The standard InChI is InChI=1S/C13H25N3O/c1-4-14-13(3,11-17)8-5-6-9-16-10-7-12(2)15-16/h7,10,14,17H,4-6,8-9,11H2,1-3H3. The first kappa shape index (κ1) is 14.2. The number of hydrogen-bond acceptors (Lipinski definition) is 3. The van der Waals surface area contributed by atoms with Crippen molar-refractivity contribution in [3.05, 3.63) is 18.0 Å². The molecule has 0 aromatic carbocycles. The second-order valence-corrected chi connectivity index (χ2v) is 4.93. The molecule has 1 atom stereocenters. The van der Waals surface area contributed by atoms with Gasteiger partial charge in [0.05, 0.1) is 12.3 Å². The van der Waals surface area contributed by atoms with E-state index in [9.17, 15) is 5.11 Å². The van der Waals surface area contributed by atoms with Gasteiger partial charge in [-0.25, -0.2) is 0 Å². The predicted molar refractivity (Wildman–Crippen MR) is 70.0 cm³/mol. The van der Waals surface area contributed by atoms with Crippen LogP contribution in [0.4, 0.5) is 0 Å². The number of nitrogens with zero attached hydrogens (tertiary/aromatic N) is 2. The van der Waals surface area contributed by atoms with Crippen molar-refractivity contribution >= 4 is 0 Å². The molecule has 0 bridgehead atoms. The molecule has 0 fully saturated rings. The van der Waals surface area contributed by atoms with Crippen LogP contribution in [0.15, 0.2) is 12.3 Å². The molecule has 1 aromatic rings. The smallest absolute Gasteiger partial charge is 0.0610 e. The van der Waals surface area contributed by atoms with Gasteiger partial charge >= 0.3 is 0 Å². The Balaban J connectivity index is 2.23. The average Bonchev–Trinajstić information content (AvgIpc) is 2.71. The third kappa shape index (κ3) is 4.88. The molecule has 0 saturated carbocycles. The van der Waals surface area contributed by atoms with Gasteiger partial charge in [-0.3, -0.25) is 4.68 Å². The van der Waals surface area contributed by atoms with E-state index in [-0.39, 0.29) is 12.1 Å². The molecule has 0 radical (unpaired) electrons. The van der Waals surface area contributed by atoms with Gasteiger partial charge in [-0.15, -0.1) is 0 Å². The molecule has 2 N–H and O–H groups in total. The van der Waals surface area contributed by atoms with Crippen LogP contribution in [0.3, 0.4) is 0 Å². The number of likely N-dealkylation sites (N-methyl/N-ethyl adjacent to an activating group) is 1. The molecule has 0 aliphatic rings. The topological polar surface area (TPSA) is 50.1 Å². The summed E-state index contributed by atoms with van der Waals surface area (Å²) < 4.78 is 1.98. The van der Waals surface area contributed by atoms with Crippen LogP contribution in [0.5, 0.6) is 0 Å². The molecule has 4 nitrogen and oxygen atoms in total. The molecule has 1 heterocycles. The van der Waals surface area contributed by atoms with Gasteiger partial charge in [0.15, 0.2) is 0 Å². The lowest BCUT2D eigenvalue weighted by Gasteiger charge is -2.28. The highest BCUT2D eigenvalue weighted by molar-refractivity contribution is 4.94. The monoisotopic (exact) mass is 239 g/mol. The molecule has 1 rings (SSSR count). The van der Waals surface area contributed by atoms with Gasteiger partial charge < -0.3 is 10.4 Å². The van der Waals surface area contributed by atoms with Crippen molar-refractivity contribution in [2.24, 2.45) is 0 Å². The molecular formula is C13H25N3O. The Morgan fingerprint density at radius 3 is 2.76 bits per heavy atom. The Labute approximate surface area is 104 Å². The van der Waals surface area contributed by atoms with Gasteiger partial charge in [0, 0.05) is 18.3 Å². The molecule has 0 spiro atoms. The molecule has 1 unspecified atom stereocenters. The van der Waals surface area contributed by atoms with Gasteiger partial charge in [0.1, 0.15) is 0 Å². The maximum Gasteiger partial charge on any atom is 0.0610 e. The number of unbranched alkanes of at least 4 members (excludes halogenated alkanes) is 1. The lowest BCUT2D eigenvalue weighted by Crippen LogP contribution is -2.45. The van der Waals surface area contributed by atoms with E-state index < -0.39 is 0 Å². The summed E-state index contributed by atoms with van der Waals surface area (Å²) in [6, 6.07) is 2.02. The second kappa shape index (κ2) is 6.77. The average molecular weight is 239 g/mol. The largest absolute Gasteiger partial charge is 0.394 e. The van der Waals surface area contributed by atoms with Crippen molar-refractivity contribution in [1.82, 2.24) is 15.1 Å². The molecule has 0 saturated heterocycles. The number of aliphatic hydroxyl groups is 1. The molecule has 1 aromatic heterocycles. The first-order valence-electron chi connectivity index (χ1n) is 6.45. The number of aromatic nitrogens is 2. The van der Waals surface area contributed by atoms with Crippen molar-refractivity contribution in [3.8, 4) is 0 Å². The maximum absolute atomic E-state index is 9.36. The quantitative estimate of drug-likeness (QED) is 0.679. The molecule has 0 aliphatic carbocycles. The second-order valence-electron chi connectivity index (χ2n) is 4.93. The zero-order valence-electron chi connectivity index (χ0n) is 11.2. The van der Waals surface area contributed by atoms with Gasteiger partial charge in [-0.05, 0) is 45.7 Å². The Bertz CT molecular complexity index is 324. The van der Waals surface area contributed by atoms with Crippen molar-refractivity contribution in [1.29, 1.82) is 0 Å². The molecule has 17 heavy (non-hydrogen) atoms. The Hall–Kier alpha value is -0.870. The highest BCUT2D eigenvalue weighted by Crippen LogP contribution is 2.13. The lowest BCUT2D eigenvalue weighted by molar-refractivity contribution is 0.164. The number of nitrogens with one attached hydrogen (secondary N) is 1. The van der Waals surface area contributed by atoms with E-state index in [1.165, 1.54) is 0 Å². The number of aliphatic hydroxyl groups excluding tert-OH is 1. The zero-order chi connectivity index (χ0) is 12.7. The highest BCUT2D eigenvalue weighted by Gasteiger charge is 2.20. The molecular weight excluding hydrogens is 214 g/mol. The number of rotatable bonds is 8. The van der Waals surface area contributed by atoms with Crippen LogP contribution in [-0.2, 0) is 6.54 Å². The van der Waals surface area contributed by atoms with E-state index in [1.54, 1.807) is 0 Å². The highest BCUT2D eigenvalue weighted by atomic mass is 16.3. The first-order valence-corrected chi connectivity index (χ1v) is 6.45. The Kier molecular flexibility index (Phi) is 5.65. The minimum atomic E-state index is -0.130. The van der Waals surface area contributed by atoms with Crippen LogP contribution in [0.2, 0.25) is 0 Å². The zero-order valence-corrected chi connectivity index (χ0v) is 11.2. The summed E-state index contributed by atoms with van der Waals surface area (Å²) in [7, 11) is 0. The summed E-state index contributed by atoms with van der Waals surface area (Å²) in [5.74, 6) is 0. The van der Waals surface area contributed by atoms with Gasteiger partial charge in [0.2, 0.25) is 0 Å². The Morgan fingerprint density at radius 1 is 1.47 bits per heavy atom. The fourth-order valence-corrected chi connectivity index (χ4v) is 2.03. The molecule has 0 aliphatic heterocycles. The summed E-state index contributed by atoms with van der Waals surface area (Å²) >= 11 is 0. The molecule has 4 heteroatoms. The van der Waals surface area contributed by atoms with Gasteiger partial charge in [-0.1, -0.05) is 6.92 Å². The van der Waals surface area contributed by atoms with E-state index in [2.05, 4.69) is 24.3 Å². The third-order valence-corrected chi connectivity index (χ3v) is 3.09. The summed E-state index contributed by atoms with van der Waals surface area (Å²) in [4.78, 5) is 0.